The summed E-state index contributed by atoms with van der Waals surface area (Å²) in [7, 11) is 0. The van der Waals surface area contributed by atoms with Gasteiger partial charge in [0.1, 0.15) is 11.4 Å². The van der Waals surface area contributed by atoms with E-state index in [1.807, 2.05) is 47.3 Å². The van der Waals surface area contributed by atoms with Gasteiger partial charge in [0.15, 0.2) is 18.9 Å². The van der Waals surface area contributed by atoms with Crippen LogP contribution in [0.2, 0.25) is 0 Å². The van der Waals surface area contributed by atoms with Gasteiger partial charge < -0.3 is 15.6 Å². The summed E-state index contributed by atoms with van der Waals surface area (Å²) in [5.74, 6) is -1.16. The lowest BCUT2D eigenvalue weighted by atomic mass is 10.0. The summed E-state index contributed by atoms with van der Waals surface area (Å²) in [6, 6.07) is 13.6. The zero-order chi connectivity index (χ0) is 19.0. The minimum atomic E-state index is -1.32. The molecule has 0 radical (unpaired) electrons. The van der Waals surface area contributed by atoms with Gasteiger partial charge in [0.25, 0.3) is 0 Å². The van der Waals surface area contributed by atoms with E-state index in [-0.39, 0.29) is 17.0 Å². The molecule has 1 aromatic heterocycles. The number of thioether (sulfide) groups is 1. The van der Waals surface area contributed by atoms with E-state index < -0.39 is 12.0 Å². The van der Waals surface area contributed by atoms with Crippen LogP contribution >= 0.6 is 11.8 Å². The SMILES string of the molecule is NC1C(=O)N2C(C(=O)[O-])=C(C[n+]3ccc(Cc4ccccc4)cc3)CSC12. The number of carbonyl (C=O) groups is 2. The lowest BCUT2D eigenvalue weighted by molar-refractivity contribution is -0.689. The average Bonchev–Trinajstić information content (AvgIpc) is 2.69. The van der Waals surface area contributed by atoms with Crippen LogP contribution in [0.4, 0.5) is 0 Å². The zero-order valence-corrected chi connectivity index (χ0v) is 15.4. The highest BCUT2D eigenvalue weighted by molar-refractivity contribution is 8.00. The van der Waals surface area contributed by atoms with Crippen LogP contribution < -0.4 is 15.4 Å². The van der Waals surface area contributed by atoms with Crippen LogP contribution in [-0.2, 0) is 22.6 Å². The molecule has 2 aromatic rings. The van der Waals surface area contributed by atoms with Crippen molar-refractivity contribution in [1.29, 1.82) is 0 Å². The third-order valence-corrected chi connectivity index (χ3v) is 6.23. The fourth-order valence-electron chi connectivity index (χ4n) is 3.45. The van der Waals surface area contributed by atoms with Crippen molar-refractivity contribution in [2.45, 2.75) is 24.4 Å². The summed E-state index contributed by atoms with van der Waals surface area (Å²) in [6.07, 6.45) is 4.70. The number of aliphatic carboxylic acids is 1. The minimum absolute atomic E-state index is 0.0219. The Morgan fingerprint density at radius 1 is 1.19 bits per heavy atom. The summed E-state index contributed by atoms with van der Waals surface area (Å²) in [5.41, 5.74) is 8.82. The van der Waals surface area contributed by atoms with E-state index in [2.05, 4.69) is 12.1 Å². The van der Waals surface area contributed by atoms with Crippen molar-refractivity contribution in [3.63, 3.8) is 0 Å². The van der Waals surface area contributed by atoms with Crippen LogP contribution in [0.5, 0.6) is 0 Å². The molecule has 0 bridgehead atoms. The molecule has 1 saturated heterocycles. The summed E-state index contributed by atoms with van der Waals surface area (Å²) in [5, 5.41) is 11.3. The van der Waals surface area contributed by atoms with E-state index in [1.54, 1.807) is 0 Å². The number of fused-ring (bicyclic) bond motifs is 1. The molecule has 3 heterocycles. The molecule has 1 aromatic carbocycles. The second-order valence-electron chi connectivity index (χ2n) is 6.72. The molecule has 7 heteroatoms. The highest BCUT2D eigenvalue weighted by atomic mass is 32.2. The number of carboxylic acid groups (broad SMARTS) is 1. The number of benzene rings is 1. The topological polar surface area (TPSA) is 90.3 Å². The molecule has 2 aliphatic heterocycles. The van der Waals surface area contributed by atoms with Crippen molar-refractivity contribution in [3.05, 3.63) is 77.3 Å². The number of amides is 1. The molecule has 138 valence electrons. The van der Waals surface area contributed by atoms with Gasteiger partial charge in [0.05, 0.1) is 11.7 Å². The Kier molecular flexibility index (Phi) is 4.72. The maximum Gasteiger partial charge on any atom is 0.248 e. The maximum absolute atomic E-state index is 12.0. The number of hydrogen-bond acceptors (Lipinski definition) is 5. The maximum atomic E-state index is 12.0. The van der Waals surface area contributed by atoms with Gasteiger partial charge in [-0.25, -0.2) is 4.57 Å². The summed E-state index contributed by atoms with van der Waals surface area (Å²) in [6.45, 7) is 0.396. The number of nitrogens with two attached hydrogens (primary N) is 1. The first kappa shape index (κ1) is 17.8. The molecule has 1 amide bonds. The average molecular weight is 381 g/mol. The third-order valence-electron chi connectivity index (χ3n) is 4.87. The van der Waals surface area contributed by atoms with Crippen LogP contribution in [0.1, 0.15) is 11.1 Å². The summed E-state index contributed by atoms with van der Waals surface area (Å²) >= 11 is 1.50. The normalized spacial score (nSPS) is 21.7. The number of hydrogen-bond donors (Lipinski definition) is 1. The number of carbonyl (C=O) groups excluding carboxylic acids is 2. The number of nitrogens with zero attached hydrogens (tertiary/aromatic N) is 2. The van der Waals surface area contributed by atoms with E-state index in [0.717, 1.165) is 6.42 Å². The van der Waals surface area contributed by atoms with Crippen molar-refractivity contribution in [2.24, 2.45) is 5.73 Å². The van der Waals surface area contributed by atoms with E-state index in [1.165, 1.54) is 27.8 Å². The minimum Gasteiger partial charge on any atom is -0.543 e. The quantitative estimate of drug-likeness (QED) is 0.573. The Morgan fingerprint density at radius 3 is 2.52 bits per heavy atom. The third kappa shape index (κ3) is 3.36. The smallest absolute Gasteiger partial charge is 0.248 e. The molecule has 4 rings (SSSR count). The molecular formula is C20H19N3O3S. The van der Waals surface area contributed by atoms with Gasteiger partial charge in [0, 0.05) is 23.5 Å². The molecule has 2 aliphatic rings. The second-order valence-corrected chi connectivity index (χ2v) is 7.82. The lowest BCUT2D eigenvalue weighted by Crippen LogP contribution is -2.69. The van der Waals surface area contributed by atoms with Gasteiger partial charge in [0.2, 0.25) is 5.91 Å². The monoisotopic (exact) mass is 381 g/mol. The first-order valence-corrected chi connectivity index (χ1v) is 9.75. The van der Waals surface area contributed by atoms with Gasteiger partial charge in [-0.2, -0.15) is 0 Å². The van der Waals surface area contributed by atoms with Crippen molar-refractivity contribution in [2.75, 3.05) is 5.75 Å². The highest BCUT2D eigenvalue weighted by Gasteiger charge is 2.50. The van der Waals surface area contributed by atoms with Gasteiger partial charge in [-0.3, -0.25) is 9.69 Å². The van der Waals surface area contributed by atoms with Crippen molar-refractivity contribution >= 4 is 23.6 Å². The van der Waals surface area contributed by atoms with Crippen LogP contribution in [0.15, 0.2) is 66.1 Å². The Morgan fingerprint density at radius 2 is 1.85 bits per heavy atom. The molecule has 6 nitrogen and oxygen atoms in total. The van der Waals surface area contributed by atoms with Gasteiger partial charge in [-0.05, 0) is 17.5 Å². The first-order chi connectivity index (χ1) is 13.0. The number of rotatable bonds is 5. The van der Waals surface area contributed by atoms with Crippen molar-refractivity contribution in [1.82, 2.24) is 4.90 Å². The van der Waals surface area contributed by atoms with Gasteiger partial charge in [-0.1, -0.05) is 30.3 Å². The standard InChI is InChI=1S/C20H19N3O3S/c21-16-18(24)23-17(20(25)26)15(12-27-19(16)23)11-22-8-6-14(7-9-22)10-13-4-2-1-3-5-13/h1-9,16,19H,10-12,21H2. The number of carboxylic acids is 1. The van der Waals surface area contributed by atoms with Gasteiger partial charge in [-0.15, -0.1) is 11.8 Å². The number of β-lactam (4-membered cyclic amide) rings is 1. The van der Waals surface area contributed by atoms with Crippen LogP contribution in [0, 0.1) is 0 Å². The van der Waals surface area contributed by atoms with E-state index in [0.29, 0.717) is 17.9 Å². The van der Waals surface area contributed by atoms with Crippen molar-refractivity contribution in [3.8, 4) is 0 Å². The molecular weight excluding hydrogens is 362 g/mol. The second kappa shape index (κ2) is 7.17. The Bertz CT molecular complexity index is 912. The Hall–Kier alpha value is -2.64. The molecule has 2 atom stereocenters. The molecule has 2 unspecified atom stereocenters. The fourth-order valence-corrected chi connectivity index (χ4v) is 4.74. The Labute approximate surface area is 161 Å². The van der Waals surface area contributed by atoms with Crippen LogP contribution in [-0.4, -0.2) is 33.9 Å². The fraction of sp³-hybridized carbons (Fsp3) is 0.250. The predicted octanol–water partition coefficient (Wildman–Crippen LogP) is -0.189. The molecule has 0 saturated carbocycles. The first-order valence-electron chi connectivity index (χ1n) is 8.70. The van der Waals surface area contributed by atoms with Crippen LogP contribution in [0.25, 0.3) is 0 Å². The highest BCUT2D eigenvalue weighted by Crippen LogP contribution is 2.39. The lowest BCUT2D eigenvalue weighted by Gasteiger charge is -2.49. The Balaban J connectivity index is 1.52. The zero-order valence-electron chi connectivity index (χ0n) is 14.6. The number of aromatic nitrogens is 1. The molecule has 0 spiro atoms. The van der Waals surface area contributed by atoms with Gasteiger partial charge >= 0.3 is 0 Å². The molecule has 0 aliphatic carbocycles. The molecule has 2 N–H and O–H groups in total. The van der Waals surface area contributed by atoms with E-state index in [9.17, 15) is 14.7 Å². The summed E-state index contributed by atoms with van der Waals surface area (Å²) < 4.78 is 1.91. The van der Waals surface area contributed by atoms with E-state index in [4.69, 9.17) is 5.73 Å². The van der Waals surface area contributed by atoms with Crippen LogP contribution in [0.3, 0.4) is 0 Å². The summed E-state index contributed by atoms with van der Waals surface area (Å²) in [4.78, 5) is 24.9. The van der Waals surface area contributed by atoms with E-state index >= 15 is 0 Å². The molecule has 1 fully saturated rings. The largest absolute Gasteiger partial charge is 0.543 e. The predicted molar refractivity (Wildman–Crippen MR) is 99.0 cm³/mol. The van der Waals surface area contributed by atoms with Crippen molar-refractivity contribution < 1.29 is 19.3 Å². The molecule has 27 heavy (non-hydrogen) atoms. The number of pyridine rings is 1.